The van der Waals surface area contributed by atoms with E-state index < -0.39 is 0 Å². The number of ether oxygens (including phenoxy) is 2. The second-order valence-corrected chi connectivity index (χ2v) is 8.55. The number of unbranched alkanes of at least 4 members (excludes halogenated alkanes) is 2. The van der Waals surface area contributed by atoms with E-state index in [1.54, 1.807) is 14.2 Å². The lowest BCUT2D eigenvalue weighted by Gasteiger charge is -2.12. The van der Waals surface area contributed by atoms with E-state index in [0.29, 0.717) is 30.4 Å². The van der Waals surface area contributed by atoms with Gasteiger partial charge in [0.05, 0.1) is 31.7 Å². The van der Waals surface area contributed by atoms with E-state index in [9.17, 15) is 4.79 Å². The van der Waals surface area contributed by atoms with Crippen LogP contribution in [0.2, 0.25) is 0 Å². The van der Waals surface area contributed by atoms with Crippen molar-refractivity contribution in [1.29, 1.82) is 0 Å². The van der Waals surface area contributed by atoms with Crippen molar-refractivity contribution in [1.82, 2.24) is 14.9 Å². The van der Waals surface area contributed by atoms with Crippen LogP contribution in [0, 0.1) is 5.92 Å². The molecule has 0 saturated carbocycles. The fourth-order valence-corrected chi connectivity index (χ4v) is 3.94. The van der Waals surface area contributed by atoms with Gasteiger partial charge in [0.2, 0.25) is 5.91 Å². The van der Waals surface area contributed by atoms with Gasteiger partial charge in [-0.2, -0.15) is 0 Å². The van der Waals surface area contributed by atoms with Crippen molar-refractivity contribution in [3.63, 3.8) is 0 Å². The molecule has 0 radical (unpaired) electrons. The number of aryl methyl sites for hydroxylation is 1. The number of aromatic nitrogens is 2. The minimum atomic E-state index is 0.0240. The number of rotatable bonds is 12. The summed E-state index contributed by atoms with van der Waals surface area (Å²) in [5, 5.41) is 3.02. The molecule has 1 heterocycles. The van der Waals surface area contributed by atoms with Crippen molar-refractivity contribution < 1.29 is 14.3 Å². The van der Waals surface area contributed by atoms with Gasteiger partial charge in [0, 0.05) is 19.5 Å². The predicted octanol–water partition coefficient (Wildman–Crippen LogP) is 4.78. The Hall–Kier alpha value is -3.02. The molecule has 0 aliphatic carbocycles. The van der Waals surface area contributed by atoms with E-state index in [4.69, 9.17) is 14.5 Å². The molecule has 1 amide bonds. The summed E-state index contributed by atoms with van der Waals surface area (Å²) in [5.41, 5.74) is 3.20. The van der Waals surface area contributed by atoms with E-state index in [0.717, 1.165) is 49.1 Å². The maximum Gasteiger partial charge on any atom is 0.224 e. The highest BCUT2D eigenvalue weighted by Crippen LogP contribution is 2.27. The average Bonchev–Trinajstić information content (AvgIpc) is 3.12. The van der Waals surface area contributed by atoms with Gasteiger partial charge in [0.1, 0.15) is 5.82 Å². The summed E-state index contributed by atoms with van der Waals surface area (Å²) >= 11 is 0. The van der Waals surface area contributed by atoms with E-state index in [2.05, 4.69) is 41.9 Å². The molecule has 3 aromatic rings. The lowest BCUT2D eigenvalue weighted by molar-refractivity contribution is -0.120. The van der Waals surface area contributed by atoms with E-state index in [-0.39, 0.29) is 5.91 Å². The van der Waals surface area contributed by atoms with Crippen LogP contribution in [0.5, 0.6) is 11.5 Å². The summed E-state index contributed by atoms with van der Waals surface area (Å²) in [6.07, 6.45) is 4.37. The number of nitrogens with one attached hydrogen (secondary N) is 1. The first-order chi connectivity index (χ1) is 15.5. The van der Waals surface area contributed by atoms with E-state index in [1.165, 1.54) is 5.52 Å². The lowest BCUT2D eigenvalue weighted by atomic mass is 10.1. The monoisotopic (exact) mass is 437 g/mol. The zero-order valence-corrected chi connectivity index (χ0v) is 19.7. The number of hydrogen-bond acceptors (Lipinski definition) is 4. The number of nitrogens with zero attached hydrogens (tertiary/aromatic N) is 2. The smallest absolute Gasteiger partial charge is 0.224 e. The summed E-state index contributed by atoms with van der Waals surface area (Å²) in [6.45, 7) is 6.16. The normalized spacial score (nSPS) is 11.2. The van der Waals surface area contributed by atoms with E-state index in [1.807, 2.05) is 24.3 Å². The van der Waals surface area contributed by atoms with Crippen LogP contribution in [0.1, 0.15) is 44.5 Å². The summed E-state index contributed by atoms with van der Waals surface area (Å²) in [7, 11) is 3.20. The standard InChI is InChI=1S/C26H35N3O3/c1-19(2)18-29-22-11-8-7-10-21(22)28-25(29)12-6-5-9-15-27-26(30)17-20-13-14-23(31-3)24(16-20)32-4/h7-8,10-11,13-14,16,19H,5-6,9,12,15,17-18H2,1-4H3,(H,27,30). The molecule has 1 N–H and O–H groups in total. The number of fused-ring (bicyclic) bond motifs is 1. The van der Waals surface area contributed by atoms with Gasteiger partial charge in [0.25, 0.3) is 0 Å². The Morgan fingerprint density at radius 1 is 1.03 bits per heavy atom. The number of imidazole rings is 1. The number of methoxy groups -OCH3 is 2. The first-order valence-electron chi connectivity index (χ1n) is 11.4. The van der Waals surface area contributed by atoms with Gasteiger partial charge < -0.3 is 19.4 Å². The molecular formula is C26H35N3O3. The van der Waals surface area contributed by atoms with Crippen molar-refractivity contribution >= 4 is 16.9 Å². The van der Waals surface area contributed by atoms with Crippen molar-refractivity contribution in [3.05, 3.63) is 53.9 Å². The van der Waals surface area contributed by atoms with Gasteiger partial charge in [-0.15, -0.1) is 0 Å². The lowest BCUT2D eigenvalue weighted by Crippen LogP contribution is -2.26. The molecule has 0 saturated heterocycles. The van der Waals surface area contributed by atoms with Gasteiger partial charge in [0.15, 0.2) is 11.5 Å². The minimum absolute atomic E-state index is 0.0240. The topological polar surface area (TPSA) is 65.4 Å². The van der Waals surface area contributed by atoms with Crippen LogP contribution in [0.4, 0.5) is 0 Å². The average molecular weight is 438 g/mol. The Morgan fingerprint density at radius 3 is 2.56 bits per heavy atom. The molecule has 0 spiro atoms. The molecule has 0 bridgehead atoms. The summed E-state index contributed by atoms with van der Waals surface area (Å²) < 4.78 is 12.9. The molecule has 0 aliphatic heterocycles. The molecule has 0 unspecified atom stereocenters. The maximum atomic E-state index is 12.3. The fraction of sp³-hybridized carbons (Fsp3) is 0.462. The highest BCUT2D eigenvalue weighted by molar-refractivity contribution is 5.78. The Morgan fingerprint density at radius 2 is 1.81 bits per heavy atom. The Labute approximate surface area is 190 Å². The Balaban J connectivity index is 1.42. The van der Waals surface area contributed by atoms with Crippen LogP contribution >= 0.6 is 0 Å². The molecule has 32 heavy (non-hydrogen) atoms. The van der Waals surface area contributed by atoms with Crippen molar-refractivity contribution in [2.45, 2.75) is 52.5 Å². The quantitative estimate of drug-likeness (QED) is 0.414. The van der Waals surface area contributed by atoms with Crippen molar-refractivity contribution in [2.75, 3.05) is 20.8 Å². The van der Waals surface area contributed by atoms with Crippen molar-refractivity contribution in [2.24, 2.45) is 5.92 Å². The zero-order valence-electron chi connectivity index (χ0n) is 19.7. The number of carbonyl (C=O) groups excluding carboxylic acids is 1. The molecule has 3 rings (SSSR count). The van der Waals surface area contributed by atoms with E-state index >= 15 is 0 Å². The van der Waals surface area contributed by atoms with Crippen LogP contribution in [0.3, 0.4) is 0 Å². The van der Waals surface area contributed by atoms with Crippen LogP contribution in [-0.4, -0.2) is 36.2 Å². The number of hydrogen-bond donors (Lipinski definition) is 1. The zero-order chi connectivity index (χ0) is 22.9. The third-order valence-corrected chi connectivity index (χ3v) is 5.49. The molecule has 172 valence electrons. The number of carbonyl (C=O) groups is 1. The molecule has 6 heteroatoms. The second-order valence-electron chi connectivity index (χ2n) is 8.55. The maximum absolute atomic E-state index is 12.3. The molecule has 6 nitrogen and oxygen atoms in total. The van der Waals surface area contributed by atoms with Gasteiger partial charge in [-0.25, -0.2) is 4.98 Å². The summed E-state index contributed by atoms with van der Waals surface area (Å²) in [6, 6.07) is 13.9. The fourth-order valence-electron chi connectivity index (χ4n) is 3.94. The van der Waals surface area contributed by atoms with Gasteiger partial charge in [-0.05, 0) is 48.6 Å². The highest BCUT2D eigenvalue weighted by Gasteiger charge is 2.12. The number of benzene rings is 2. The molecular weight excluding hydrogens is 402 g/mol. The molecule has 0 fully saturated rings. The first-order valence-corrected chi connectivity index (χ1v) is 11.4. The number of amides is 1. The van der Waals surface area contributed by atoms with Crippen LogP contribution < -0.4 is 14.8 Å². The molecule has 1 aromatic heterocycles. The van der Waals surface area contributed by atoms with Crippen molar-refractivity contribution in [3.8, 4) is 11.5 Å². The Kier molecular flexibility index (Phi) is 8.54. The van der Waals surface area contributed by atoms with Gasteiger partial charge in [-0.1, -0.05) is 38.5 Å². The van der Waals surface area contributed by atoms with Crippen LogP contribution in [0.25, 0.3) is 11.0 Å². The van der Waals surface area contributed by atoms with Crippen LogP contribution in [0.15, 0.2) is 42.5 Å². The molecule has 0 atom stereocenters. The molecule has 2 aromatic carbocycles. The predicted molar refractivity (Wildman–Crippen MR) is 128 cm³/mol. The second kappa shape index (κ2) is 11.6. The SMILES string of the molecule is COc1ccc(CC(=O)NCCCCCc2nc3ccccc3n2CC(C)C)cc1OC. The number of para-hydroxylation sites is 2. The van der Waals surface area contributed by atoms with Gasteiger partial charge in [-0.3, -0.25) is 4.79 Å². The third kappa shape index (κ3) is 6.25. The van der Waals surface area contributed by atoms with Crippen LogP contribution in [-0.2, 0) is 24.2 Å². The Bertz CT molecular complexity index is 1030. The summed E-state index contributed by atoms with van der Waals surface area (Å²) in [4.78, 5) is 17.1. The largest absolute Gasteiger partial charge is 0.493 e. The van der Waals surface area contributed by atoms with Gasteiger partial charge >= 0.3 is 0 Å². The first kappa shape index (κ1) is 23.6. The minimum Gasteiger partial charge on any atom is -0.493 e. The molecule has 0 aliphatic rings. The summed E-state index contributed by atoms with van der Waals surface area (Å²) in [5.74, 6) is 3.07. The highest BCUT2D eigenvalue weighted by atomic mass is 16.5. The third-order valence-electron chi connectivity index (χ3n) is 5.49.